The molecule has 0 saturated carbocycles. The van der Waals surface area contributed by atoms with Crippen LogP contribution in [0.5, 0.6) is 11.5 Å². The maximum absolute atomic E-state index is 13.3. The predicted octanol–water partition coefficient (Wildman–Crippen LogP) is 4.29. The second-order valence-electron chi connectivity index (χ2n) is 6.59. The molecule has 0 aromatic heterocycles. The lowest BCUT2D eigenvalue weighted by molar-refractivity contribution is -0.123. The molecule has 0 aliphatic carbocycles. The van der Waals surface area contributed by atoms with Crippen LogP contribution in [0.25, 0.3) is 0 Å². The van der Waals surface area contributed by atoms with Crippen LogP contribution in [0.2, 0.25) is 10.0 Å². The summed E-state index contributed by atoms with van der Waals surface area (Å²) in [4.78, 5) is 23.9. The number of nitrogens with one attached hydrogen (secondary N) is 2. The highest BCUT2D eigenvalue weighted by Gasteiger charge is 2.09. The Balaban J connectivity index is 1.63. The van der Waals surface area contributed by atoms with E-state index in [2.05, 4.69) is 17.2 Å². The molecule has 2 N–H and O–H groups in total. The summed E-state index contributed by atoms with van der Waals surface area (Å²) in [5.41, 5.74) is 1.36. The Morgan fingerprint density at radius 3 is 2.52 bits per heavy atom. The van der Waals surface area contributed by atoms with Crippen LogP contribution in [0.15, 0.2) is 48.7 Å². The van der Waals surface area contributed by atoms with E-state index in [0.29, 0.717) is 29.4 Å². The zero-order chi connectivity index (χ0) is 22.8. The Kier molecular flexibility index (Phi) is 9.62. The van der Waals surface area contributed by atoms with Crippen LogP contribution in [0.1, 0.15) is 18.4 Å². The van der Waals surface area contributed by atoms with E-state index in [-0.39, 0.29) is 36.1 Å². The summed E-state index contributed by atoms with van der Waals surface area (Å²) in [5, 5.41) is 5.84. The van der Waals surface area contributed by atoms with Crippen LogP contribution < -0.4 is 20.1 Å². The smallest absolute Gasteiger partial charge is 0.262 e. The largest absolute Gasteiger partial charge is 0.495 e. The van der Waals surface area contributed by atoms with Crippen molar-refractivity contribution in [2.75, 3.05) is 20.3 Å². The number of benzene rings is 2. The molecule has 31 heavy (non-hydrogen) atoms. The molecule has 0 fully saturated rings. The van der Waals surface area contributed by atoms with E-state index in [9.17, 15) is 14.0 Å². The monoisotopic (exact) mass is 468 g/mol. The van der Waals surface area contributed by atoms with E-state index < -0.39 is 11.7 Å². The van der Waals surface area contributed by atoms with Gasteiger partial charge in [0, 0.05) is 24.7 Å². The standard InChI is InChI=1S/C22H23Cl2FN2O4/c1-14(27-22(29)13-31-16-5-6-17(23)19(25)12-16)3-8-21(28)26-10-9-15-4-7-20(30-2)18(24)11-15/h4-7,11-12H,1,3,8-10,13H2,2H3,(H,26,28)(H,27,29). The molecule has 6 nitrogen and oxygen atoms in total. The number of halogens is 3. The molecule has 0 aliphatic heterocycles. The van der Waals surface area contributed by atoms with Gasteiger partial charge < -0.3 is 20.1 Å². The number of amides is 2. The molecule has 0 atom stereocenters. The van der Waals surface area contributed by atoms with Gasteiger partial charge in [-0.1, -0.05) is 35.8 Å². The van der Waals surface area contributed by atoms with Gasteiger partial charge in [-0.05, 0) is 42.7 Å². The summed E-state index contributed by atoms with van der Waals surface area (Å²) >= 11 is 11.7. The Labute approximate surface area is 190 Å². The molecule has 2 aromatic rings. The van der Waals surface area contributed by atoms with Crippen molar-refractivity contribution in [2.45, 2.75) is 19.3 Å². The minimum Gasteiger partial charge on any atom is -0.495 e. The van der Waals surface area contributed by atoms with E-state index >= 15 is 0 Å². The second kappa shape index (κ2) is 12.2. The topological polar surface area (TPSA) is 76.7 Å². The van der Waals surface area contributed by atoms with Crippen molar-refractivity contribution < 1.29 is 23.5 Å². The highest BCUT2D eigenvalue weighted by Crippen LogP contribution is 2.25. The van der Waals surface area contributed by atoms with E-state index in [4.69, 9.17) is 32.7 Å². The van der Waals surface area contributed by atoms with Gasteiger partial charge >= 0.3 is 0 Å². The minimum atomic E-state index is -0.634. The number of carbonyl (C=O) groups is 2. The van der Waals surface area contributed by atoms with Crippen molar-refractivity contribution in [3.8, 4) is 11.5 Å². The highest BCUT2D eigenvalue weighted by molar-refractivity contribution is 6.32. The lowest BCUT2D eigenvalue weighted by atomic mass is 10.1. The zero-order valence-corrected chi connectivity index (χ0v) is 18.5. The third-order valence-corrected chi connectivity index (χ3v) is 4.78. The van der Waals surface area contributed by atoms with Crippen molar-refractivity contribution in [3.63, 3.8) is 0 Å². The average molecular weight is 469 g/mol. The molecule has 0 unspecified atom stereocenters. The van der Waals surface area contributed by atoms with E-state index in [1.807, 2.05) is 6.07 Å². The van der Waals surface area contributed by atoms with Gasteiger partial charge in [0.15, 0.2) is 6.61 Å². The summed E-state index contributed by atoms with van der Waals surface area (Å²) < 4.78 is 23.7. The molecular weight excluding hydrogens is 446 g/mol. The fraction of sp³-hybridized carbons (Fsp3) is 0.273. The second-order valence-corrected chi connectivity index (χ2v) is 7.40. The first-order valence-corrected chi connectivity index (χ1v) is 10.2. The van der Waals surface area contributed by atoms with Gasteiger partial charge in [-0.15, -0.1) is 0 Å². The maximum atomic E-state index is 13.3. The highest BCUT2D eigenvalue weighted by atomic mass is 35.5. The molecule has 0 spiro atoms. The molecule has 0 bridgehead atoms. The third kappa shape index (κ3) is 8.47. The minimum absolute atomic E-state index is 0.0312. The summed E-state index contributed by atoms with van der Waals surface area (Å²) in [6.07, 6.45) is 1.07. The summed E-state index contributed by atoms with van der Waals surface area (Å²) in [6, 6.07) is 9.34. The van der Waals surface area contributed by atoms with Gasteiger partial charge in [0.1, 0.15) is 17.3 Å². The normalized spacial score (nSPS) is 10.3. The van der Waals surface area contributed by atoms with Crippen LogP contribution in [0.4, 0.5) is 4.39 Å². The Morgan fingerprint density at radius 1 is 1.06 bits per heavy atom. The first-order chi connectivity index (χ1) is 14.8. The van der Waals surface area contributed by atoms with Crippen LogP contribution in [-0.2, 0) is 16.0 Å². The molecule has 166 valence electrons. The lowest BCUT2D eigenvalue weighted by Gasteiger charge is -2.10. The average Bonchev–Trinajstić information content (AvgIpc) is 2.73. The Hall–Kier alpha value is -2.77. The Bertz CT molecular complexity index is 953. The van der Waals surface area contributed by atoms with Crippen molar-refractivity contribution in [3.05, 3.63) is 70.1 Å². The van der Waals surface area contributed by atoms with E-state index in [0.717, 1.165) is 11.6 Å². The van der Waals surface area contributed by atoms with Gasteiger partial charge in [-0.25, -0.2) is 4.39 Å². The summed E-state index contributed by atoms with van der Waals surface area (Å²) in [6.45, 7) is 3.86. The predicted molar refractivity (Wildman–Crippen MR) is 118 cm³/mol. The molecule has 2 amide bonds. The molecule has 2 aromatic carbocycles. The number of carbonyl (C=O) groups excluding carboxylic acids is 2. The van der Waals surface area contributed by atoms with Crippen molar-refractivity contribution in [1.29, 1.82) is 0 Å². The van der Waals surface area contributed by atoms with Crippen molar-refractivity contribution >= 4 is 35.0 Å². The molecule has 0 aliphatic rings. The lowest BCUT2D eigenvalue weighted by Crippen LogP contribution is -2.29. The number of ether oxygens (including phenoxy) is 2. The fourth-order valence-corrected chi connectivity index (χ4v) is 2.97. The molecule has 0 saturated heterocycles. The molecule has 2 rings (SSSR count). The number of methoxy groups -OCH3 is 1. The third-order valence-electron chi connectivity index (χ3n) is 4.18. The quantitative estimate of drug-likeness (QED) is 0.515. The number of hydrogen-bond donors (Lipinski definition) is 2. The maximum Gasteiger partial charge on any atom is 0.262 e. The number of rotatable bonds is 11. The summed E-state index contributed by atoms with van der Waals surface area (Å²) in [7, 11) is 1.55. The van der Waals surface area contributed by atoms with Crippen molar-refractivity contribution in [1.82, 2.24) is 10.6 Å². The number of hydrogen-bond acceptors (Lipinski definition) is 4. The number of allylic oxidation sites excluding steroid dienone is 1. The van der Waals surface area contributed by atoms with Gasteiger partial charge in [-0.2, -0.15) is 0 Å². The molecule has 0 radical (unpaired) electrons. The first-order valence-electron chi connectivity index (χ1n) is 9.43. The van der Waals surface area contributed by atoms with Crippen molar-refractivity contribution in [2.24, 2.45) is 0 Å². The molecule has 9 heteroatoms. The Morgan fingerprint density at radius 2 is 1.84 bits per heavy atom. The van der Waals surface area contributed by atoms with Crippen LogP contribution in [-0.4, -0.2) is 32.1 Å². The zero-order valence-electron chi connectivity index (χ0n) is 17.0. The SMILES string of the molecule is C=C(CCC(=O)NCCc1ccc(OC)c(Cl)c1)NC(=O)COc1ccc(Cl)c(F)c1. The van der Waals surface area contributed by atoms with Gasteiger partial charge in [0.25, 0.3) is 5.91 Å². The van der Waals surface area contributed by atoms with Gasteiger partial charge in [-0.3, -0.25) is 9.59 Å². The molecular formula is C22H23Cl2FN2O4. The van der Waals surface area contributed by atoms with Crippen LogP contribution in [0, 0.1) is 5.82 Å². The van der Waals surface area contributed by atoms with E-state index in [1.165, 1.54) is 12.1 Å². The van der Waals surface area contributed by atoms with E-state index in [1.54, 1.807) is 19.2 Å². The first kappa shape index (κ1) is 24.5. The van der Waals surface area contributed by atoms with Crippen LogP contribution in [0.3, 0.4) is 0 Å². The fourth-order valence-electron chi connectivity index (χ4n) is 2.58. The van der Waals surface area contributed by atoms with Gasteiger partial charge in [0.2, 0.25) is 5.91 Å². The van der Waals surface area contributed by atoms with Gasteiger partial charge in [0.05, 0.1) is 17.2 Å². The van der Waals surface area contributed by atoms with Crippen LogP contribution >= 0.6 is 23.2 Å². The molecule has 0 heterocycles. The summed E-state index contributed by atoms with van der Waals surface area (Å²) in [5.74, 6) is -0.480.